The second-order valence-electron chi connectivity index (χ2n) is 7.85. The van der Waals surface area contributed by atoms with Crippen LogP contribution < -0.4 is 0 Å². The normalized spacial score (nSPS) is 19.5. The molecule has 0 spiro atoms. The number of hydrogen-bond donors (Lipinski definition) is 0. The Labute approximate surface area is 158 Å². The summed E-state index contributed by atoms with van der Waals surface area (Å²) in [6, 6.07) is 5.90. The van der Waals surface area contributed by atoms with Crippen LogP contribution in [-0.4, -0.2) is 65.4 Å². The van der Waals surface area contributed by atoms with Gasteiger partial charge in [0.2, 0.25) is 5.91 Å². The van der Waals surface area contributed by atoms with E-state index in [1.165, 1.54) is 12.1 Å². The van der Waals surface area contributed by atoms with Gasteiger partial charge in [0.1, 0.15) is 0 Å². The van der Waals surface area contributed by atoms with Gasteiger partial charge in [-0.05, 0) is 44.4 Å². The molecule has 2 fully saturated rings. The van der Waals surface area contributed by atoms with Gasteiger partial charge in [0.05, 0.1) is 12.1 Å². The summed E-state index contributed by atoms with van der Waals surface area (Å²) in [5, 5.41) is 0. The minimum absolute atomic E-state index is 0.0791. The maximum absolute atomic E-state index is 12.8. The predicted octanol–water partition coefficient (Wildman–Crippen LogP) is 3.22. The van der Waals surface area contributed by atoms with Gasteiger partial charge < -0.3 is 4.90 Å². The fraction of sp³-hybridized carbons (Fsp3) is 0.650. The predicted molar refractivity (Wildman–Crippen MR) is 98.2 cm³/mol. The molecule has 0 bridgehead atoms. The largest absolute Gasteiger partial charge is 0.416 e. The Hall–Kier alpha value is -1.60. The van der Waals surface area contributed by atoms with Gasteiger partial charge in [0.25, 0.3) is 0 Å². The van der Waals surface area contributed by atoms with Crippen LogP contribution in [0.1, 0.15) is 37.8 Å². The average Bonchev–Trinajstić information content (AvgIpc) is 3.44. The molecule has 1 aromatic carbocycles. The summed E-state index contributed by atoms with van der Waals surface area (Å²) in [5.74, 6) is 0.0791. The van der Waals surface area contributed by atoms with E-state index in [-0.39, 0.29) is 11.9 Å². The van der Waals surface area contributed by atoms with E-state index in [2.05, 4.69) is 23.6 Å². The van der Waals surface area contributed by atoms with Crippen molar-refractivity contribution in [3.63, 3.8) is 0 Å². The zero-order valence-corrected chi connectivity index (χ0v) is 16.0. The van der Waals surface area contributed by atoms with Crippen LogP contribution in [-0.2, 0) is 17.5 Å². The van der Waals surface area contributed by atoms with Crippen molar-refractivity contribution < 1.29 is 18.0 Å². The molecule has 0 N–H and O–H groups in total. The van der Waals surface area contributed by atoms with E-state index in [9.17, 15) is 18.0 Å². The molecule has 0 atom stereocenters. The van der Waals surface area contributed by atoms with Crippen LogP contribution >= 0.6 is 0 Å². The molecule has 1 saturated carbocycles. The van der Waals surface area contributed by atoms with Crippen molar-refractivity contribution >= 4 is 5.91 Å². The molecule has 1 aliphatic heterocycles. The molecule has 3 rings (SSSR count). The SMILES string of the molecule is CC(C)N1CCN(CC(=O)N(Cc2ccc(C(F)(F)F)cc2)C2CC2)CC1. The number of rotatable bonds is 6. The average molecular weight is 383 g/mol. The first kappa shape index (κ1) is 20.1. The Kier molecular flexibility index (Phi) is 6.11. The number of benzene rings is 1. The lowest BCUT2D eigenvalue weighted by molar-refractivity contribution is -0.138. The second-order valence-corrected chi connectivity index (χ2v) is 7.85. The highest BCUT2D eigenvalue weighted by Crippen LogP contribution is 2.31. The molecule has 1 aromatic rings. The van der Waals surface area contributed by atoms with Crippen molar-refractivity contribution in [3.05, 3.63) is 35.4 Å². The highest BCUT2D eigenvalue weighted by Gasteiger charge is 2.34. The number of piperazine rings is 1. The second kappa shape index (κ2) is 8.19. The van der Waals surface area contributed by atoms with Crippen LogP contribution in [0, 0.1) is 0 Å². The molecule has 4 nitrogen and oxygen atoms in total. The van der Waals surface area contributed by atoms with Crippen molar-refractivity contribution in [3.8, 4) is 0 Å². The first-order valence-corrected chi connectivity index (χ1v) is 9.66. The molecule has 0 aromatic heterocycles. The molecule has 150 valence electrons. The molecule has 27 heavy (non-hydrogen) atoms. The van der Waals surface area contributed by atoms with Crippen LogP contribution in [0.2, 0.25) is 0 Å². The van der Waals surface area contributed by atoms with Crippen LogP contribution in [0.15, 0.2) is 24.3 Å². The highest BCUT2D eigenvalue weighted by molar-refractivity contribution is 5.79. The van der Waals surface area contributed by atoms with Gasteiger partial charge >= 0.3 is 6.18 Å². The Bertz CT molecular complexity index is 633. The number of hydrogen-bond acceptors (Lipinski definition) is 3. The van der Waals surface area contributed by atoms with Gasteiger partial charge in [-0.15, -0.1) is 0 Å². The lowest BCUT2D eigenvalue weighted by Gasteiger charge is -2.37. The molecular formula is C20H28F3N3O. The lowest BCUT2D eigenvalue weighted by atomic mass is 10.1. The highest BCUT2D eigenvalue weighted by atomic mass is 19.4. The van der Waals surface area contributed by atoms with E-state index in [1.807, 2.05) is 4.90 Å². The van der Waals surface area contributed by atoms with Gasteiger partial charge in [0.15, 0.2) is 0 Å². The van der Waals surface area contributed by atoms with Gasteiger partial charge in [-0.1, -0.05) is 12.1 Å². The Morgan fingerprint density at radius 3 is 2.19 bits per heavy atom. The van der Waals surface area contributed by atoms with Crippen molar-refractivity contribution in [2.45, 2.75) is 51.5 Å². The maximum Gasteiger partial charge on any atom is 0.416 e. The summed E-state index contributed by atoms with van der Waals surface area (Å²) in [4.78, 5) is 19.3. The van der Waals surface area contributed by atoms with E-state index in [4.69, 9.17) is 0 Å². The minimum atomic E-state index is -4.33. The summed E-state index contributed by atoms with van der Waals surface area (Å²) in [6.45, 7) is 8.82. The van der Waals surface area contributed by atoms with Crippen LogP contribution in [0.4, 0.5) is 13.2 Å². The van der Waals surface area contributed by atoms with Crippen molar-refractivity contribution in [2.75, 3.05) is 32.7 Å². The smallest absolute Gasteiger partial charge is 0.334 e. The van der Waals surface area contributed by atoms with Gasteiger partial charge in [0, 0.05) is 44.8 Å². The number of halogens is 3. The van der Waals surface area contributed by atoms with E-state index >= 15 is 0 Å². The summed E-state index contributed by atoms with van der Waals surface area (Å²) >= 11 is 0. The van der Waals surface area contributed by atoms with E-state index < -0.39 is 11.7 Å². The monoisotopic (exact) mass is 383 g/mol. The van der Waals surface area contributed by atoms with Gasteiger partial charge in [-0.25, -0.2) is 0 Å². The van der Waals surface area contributed by atoms with Crippen molar-refractivity contribution in [1.82, 2.24) is 14.7 Å². The van der Waals surface area contributed by atoms with E-state index in [0.717, 1.165) is 56.7 Å². The Morgan fingerprint density at radius 1 is 1.11 bits per heavy atom. The number of nitrogens with zero attached hydrogens (tertiary/aromatic N) is 3. The number of carbonyl (C=O) groups excluding carboxylic acids is 1. The third kappa shape index (κ3) is 5.45. The summed E-state index contributed by atoms with van der Waals surface area (Å²) in [6.07, 6.45) is -2.37. The minimum Gasteiger partial charge on any atom is -0.334 e. The third-order valence-corrected chi connectivity index (χ3v) is 5.44. The molecule has 1 amide bonds. The summed E-state index contributed by atoms with van der Waals surface area (Å²) in [7, 11) is 0. The molecule has 1 saturated heterocycles. The quantitative estimate of drug-likeness (QED) is 0.755. The first-order chi connectivity index (χ1) is 12.7. The van der Waals surface area contributed by atoms with Crippen LogP contribution in [0.3, 0.4) is 0 Å². The number of amides is 1. The third-order valence-electron chi connectivity index (χ3n) is 5.44. The van der Waals surface area contributed by atoms with E-state index in [1.54, 1.807) is 0 Å². The molecule has 2 aliphatic rings. The molecule has 0 unspecified atom stereocenters. The fourth-order valence-corrected chi connectivity index (χ4v) is 3.52. The van der Waals surface area contributed by atoms with E-state index in [0.29, 0.717) is 19.1 Å². The van der Waals surface area contributed by atoms with Crippen molar-refractivity contribution in [1.29, 1.82) is 0 Å². The zero-order valence-electron chi connectivity index (χ0n) is 16.0. The number of alkyl halides is 3. The van der Waals surface area contributed by atoms with Crippen molar-refractivity contribution in [2.24, 2.45) is 0 Å². The number of carbonyl (C=O) groups is 1. The standard InChI is InChI=1S/C20H28F3N3O/c1-15(2)25-11-9-24(10-12-25)14-19(27)26(18-7-8-18)13-16-3-5-17(6-4-16)20(21,22)23/h3-6,15,18H,7-14H2,1-2H3. The zero-order chi connectivity index (χ0) is 19.6. The molecule has 1 heterocycles. The van der Waals surface area contributed by atoms with Gasteiger partial charge in [-0.3, -0.25) is 14.6 Å². The molecule has 1 aliphatic carbocycles. The Balaban J connectivity index is 1.57. The van der Waals surface area contributed by atoms with Crippen LogP contribution in [0.25, 0.3) is 0 Å². The van der Waals surface area contributed by atoms with Gasteiger partial charge in [-0.2, -0.15) is 13.2 Å². The van der Waals surface area contributed by atoms with Crippen LogP contribution in [0.5, 0.6) is 0 Å². The lowest BCUT2D eigenvalue weighted by Crippen LogP contribution is -2.51. The Morgan fingerprint density at radius 2 is 1.70 bits per heavy atom. The summed E-state index contributed by atoms with van der Waals surface area (Å²) < 4.78 is 38.1. The first-order valence-electron chi connectivity index (χ1n) is 9.66. The molecular weight excluding hydrogens is 355 g/mol. The summed E-state index contributed by atoms with van der Waals surface area (Å²) in [5.41, 5.74) is 0.0893. The fourth-order valence-electron chi connectivity index (χ4n) is 3.52. The maximum atomic E-state index is 12.8. The molecule has 0 radical (unpaired) electrons. The molecule has 7 heteroatoms. The topological polar surface area (TPSA) is 26.8 Å².